The Bertz CT molecular complexity index is 175. The summed E-state index contributed by atoms with van der Waals surface area (Å²) in [4.78, 5) is 10.2. The Morgan fingerprint density at radius 3 is 3.00 bits per heavy atom. The van der Waals surface area contributed by atoms with Crippen LogP contribution in [-0.4, -0.2) is 10.2 Å². The number of rotatable bonds is 0. The summed E-state index contributed by atoms with van der Waals surface area (Å²) in [5.74, 6) is 0. The molecular formula is C4H3N2O. The smallest absolute Gasteiger partial charge is 0.200 e. The van der Waals surface area contributed by atoms with Crippen molar-refractivity contribution in [3.05, 3.63) is 28.7 Å². The van der Waals surface area contributed by atoms with Gasteiger partial charge in [0.25, 0.3) is 0 Å². The molecule has 1 rings (SSSR count). The second-order valence-corrected chi connectivity index (χ2v) is 1.06. The Labute approximate surface area is 40.0 Å². The van der Waals surface area contributed by atoms with E-state index in [4.69, 9.17) is 0 Å². The lowest BCUT2D eigenvalue weighted by Gasteiger charge is -1.71. The summed E-state index contributed by atoms with van der Waals surface area (Å²) in [5, 5.41) is 5.75. The van der Waals surface area contributed by atoms with E-state index < -0.39 is 0 Å². The lowest BCUT2D eigenvalue weighted by molar-refractivity contribution is 1.01. The minimum atomic E-state index is -0.126. The van der Waals surface area contributed by atoms with Crippen molar-refractivity contribution in [1.29, 1.82) is 0 Å². The third kappa shape index (κ3) is 0.855. The zero-order valence-electron chi connectivity index (χ0n) is 3.51. The van der Waals surface area contributed by atoms with Gasteiger partial charge in [0.2, 0.25) is 5.43 Å². The minimum absolute atomic E-state index is 0.126. The van der Waals surface area contributed by atoms with Crippen LogP contribution in [-0.2, 0) is 0 Å². The van der Waals surface area contributed by atoms with Crippen LogP contribution in [0.4, 0.5) is 0 Å². The maximum atomic E-state index is 10.2. The zero-order chi connectivity index (χ0) is 5.11. The van der Waals surface area contributed by atoms with E-state index in [-0.39, 0.29) is 5.43 Å². The third-order valence-electron chi connectivity index (χ3n) is 0.535. The van der Waals surface area contributed by atoms with E-state index in [1.807, 2.05) is 0 Å². The van der Waals surface area contributed by atoms with Crippen molar-refractivity contribution in [2.24, 2.45) is 0 Å². The third-order valence-corrected chi connectivity index (χ3v) is 0.535. The summed E-state index contributed by atoms with van der Waals surface area (Å²) < 4.78 is 0. The van der Waals surface area contributed by atoms with Gasteiger partial charge < -0.3 is 0 Å². The topological polar surface area (TPSA) is 45.8 Å². The monoisotopic (exact) mass is 95.0 g/mol. The molecule has 0 saturated heterocycles. The molecule has 35 valence electrons. The Hall–Kier alpha value is -1.12. The first-order valence-corrected chi connectivity index (χ1v) is 1.80. The predicted molar refractivity (Wildman–Crippen MR) is 23.7 cm³/mol. The van der Waals surface area contributed by atoms with Crippen molar-refractivity contribution in [2.45, 2.75) is 0 Å². The molecule has 0 spiro atoms. The molecule has 3 heteroatoms. The molecule has 0 saturated carbocycles. The molecular weight excluding hydrogens is 92.1 g/mol. The molecule has 0 unspecified atom stereocenters. The zero-order valence-corrected chi connectivity index (χ0v) is 3.51. The largest absolute Gasteiger partial charge is 0.288 e. The first kappa shape index (κ1) is 4.05. The van der Waals surface area contributed by atoms with Crippen LogP contribution in [0.3, 0.4) is 0 Å². The van der Waals surface area contributed by atoms with Crippen molar-refractivity contribution >= 4 is 0 Å². The molecule has 1 radical (unpaired) electrons. The van der Waals surface area contributed by atoms with Gasteiger partial charge in [-0.25, -0.2) is 0 Å². The lowest BCUT2D eigenvalue weighted by Crippen LogP contribution is -1.96. The van der Waals surface area contributed by atoms with Crippen molar-refractivity contribution in [3.8, 4) is 0 Å². The highest BCUT2D eigenvalue weighted by Crippen LogP contribution is 1.55. The molecule has 0 aliphatic heterocycles. The van der Waals surface area contributed by atoms with Crippen LogP contribution in [0.5, 0.6) is 0 Å². The number of hydrogen-bond donors (Lipinski definition) is 1. The van der Waals surface area contributed by atoms with E-state index in [0.717, 1.165) is 0 Å². The van der Waals surface area contributed by atoms with Crippen LogP contribution in [0.25, 0.3) is 0 Å². The van der Waals surface area contributed by atoms with Gasteiger partial charge in [-0.1, -0.05) is 0 Å². The Balaban J connectivity index is 3.28. The Morgan fingerprint density at radius 2 is 2.71 bits per heavy atom. The van der Waals surface area contributed by atoms with Gasteiger partial charge in [0.15, 0.2) is 0 Å². The van der Waals surface area contributed by atoms with Gasteiger partial charge in [-0.15, -0.1) is 0 Å². The fourth-order valence-electron chi connectivity index (χ4n) is 0.274. The van der Waals surface area contributed by atoms with Gasteiger partial charge in [-0.2, -0.15) is 5.10 Å². The summed E-state index contributed by atoms with van der Waals surface area (Å²) in [7, 11) is 0. The summed E-state index contributed by atoms with van der Waals surface area (Å²) in [6.45, 7) is 0. The molecule has 0 amide bonds. The van der Waals surface area contributed by atoms with Gasteiger partial charge in [-0.05, 0) is 0 Å². The summed E-state index contributed by atoms with van der Waals surface area (Å²) >= 11 is 0. The van der Waals surface area contributed by atoms with Crippen LogP contribution in [0.1, 0.15) is 0 Å². The number of nitrogens with zero attached hydrogens (tertiary/aromatic N) is 1. The average molecular weight is 95.1 g/mol. The van der Waals surface area contributed by atoms with Crippen LogP contribution < -0.4 is 5.43 Å². The highest BCUT2D eigenvalue weighted by Gasteiger charge is 1.72. The molecule has 7 heavy (non-hydrogen) atoms. The Morgan fingerprint density at radius 1 is 1.86 bits per heavy atom. The van der Waals surface area contributed by atoms with Gasteiger partial charge in [-0.3, -0.25) is 9.89 Å². The van der Waals surface area contributed by atoms with Crippen molar-refractivity contribution in [2.75, 3.05) is 0 Å². The van der Waals surface area contributed by atoms with E-state index in [0.29, 0.717) is 0 Å². The highest BCUT2D eigenvalue weighted by atomic mass is 16.1. The molecule has 1 aromatic rings. The van der Waals surface area contributed by atoms with Crippen LogP contribution in [0.2, 0.25) is 0 Å². The predicted octanol–water partition coefficient (Wildman–Crippen LogP) is -0.430. The molecule has 0 atom stereocenters. The second kappa shape index (κ2) is 1.55. The molecule has 0 aliphatic carbocycles. The number of hydrogen-bond acceptors (Lipinski definition) is 2. The Kier molecular flexibility index (Phi) is 0.898. The normalized spacial score (nSPS) is 8.57. The highest BCUT2D eigenvalue weighted by molar-refractivity contribution is 4.80. The first-order valence-electron chi connectivity index (χ1n) is 1.80. The standard InChI is InChI=1S/C4H3N2O/c7-4-1-2-5-6-3-4/h1,3H,(H,5,7). The summed E-state index contributed by atoms with van der Waals surface area (Å²) in [6.07, 6.45) is 3.60. The van der Waals surface area contributed by atoms with Crippen LogP contribution in [0, 0.1) is 6.20 Å². The number of H-pyrrole nitrogens is 1. The maximum absolute atomic E-state index is 10.2. The van der Waals surface area contributed by atoms with Gasteiger partial charge in [0.05, 0.1) is 12.4 Å². The van der Waals surface area contributed by atoms with Gasteiger partial charge in [0.1, 0.15) is 0 Å². The first-order chi connectivity index (χ1) is 3.39. The van der Waals surface area contributed by atoms with Crippen molar-refractivity contribution in [3.63, 3.8) is 0 Å². The fourth-order valence-corrected chi connectivity index (χ4v) is 0.274. The average Bonchev–Trinajstić information content (AvgIpc) is 1.69. The van der Waals surface area contributed by atoms with E-state index >= 15 is 0 Å². The SMILES string of the molecule is O=c1c[c][nH]nc1. The van der Waals surface area contributed by atoms with Gasteiger partial charge >= 0.3 is 0 Å². The van der Waals surface area contributed by atoms with E-state index in [1.54, 1.807) is 0 Å². The molecule has 1 heterocycles. The summed E-state index contributed by atoms with van der Waals surface area (Å²) in [5.41, 5.74) is -0.126. The molecule has 0 aliphatic rings. The quantitative estimate of drug-likeness (QED) is 0.475. The van der Waals surface area contributed by atoms with Crippen LogP contribution in [0.15, 0.2) is 17.1 Å². The molecule has 0 fully saturated rings. The maximum Gasteiger partial charge on any atom is 0.200 e. The second-order valence-electron chi connectivity index (χ2n) is 1.06. The van der Waals surface area contributed by atoms with Crippen molar-refractivity contribution in [1.82, 2.24) is 10.2 Å². The number of aromatic amines is 1. The minimum Gasteiger partial charge on any atom is -0.288 e. The molecule has 0 aromatic carbocycles. The fraction of sp³-hybridized carbons (Fsp3) is 0. The van der Waals surface area contributed by atoms with E-state index in [2.05, 4.69) is 16.4 Å². The molecule has 0 bridgehead atoms. The van der Waals surface area contributed by atoms with E-state index in [1.165, 1.54) is 12.3 Å². The van der Waals surface area contributed by atoms with Gasteiger partial charge in [0, 0.05) is 6.07 Å². The lowest BCUT2D eigenvalue weighted by atomic mass is 10.6. The number of nitrogens with one attached hydrogen (secondary N) is 1. The number of aromatic nitrogens is 2. The summed E-state index contributed by atoms with van der Waals surface area (Å²) in [6, 6.07) is 1.28. The molecule has 1 aromatic heterocycles. The van der Waals surface area contributed by atoms with Crippen LogP contribution >= 0.6 is 0 Å². The van der Waals surface area contributed by atoms with Crippen molar-refractivity contribution < 1.29 is 0 Å². The molecule has 1 N–H and O–H groups in total. The molecule has 3 nitrogen and oxygen atoms in total. The van der Waals surface area contributed by atoms with E-state index in [9.17, 15) is 4.79 Å².